The monoisotopic (exact) mass is 380 g/mol. The molecule has 0 saturated carbocycles. The molecule has 0 saturated heterocycles. The van der Waals surface area contributed by atoms with Crippen LogP contribution in [0.25, 0.3) is 0 Å². The molecule has 100 valence electrons. The van der Waals surface area contributed by atoms with Crippen molar-refractivity contribution in [1.29, 1.82) is 0 Å². The molecular formula is C13H18ClIN2O. The van der Waals surface area contributed by atoms with E-state index in [1.165, 1.54) is 0 Å². The summed E-state index contributed by atoms with van der Waals surface area (Å²) in [6, 6.07) is 5.86. The molecule has 2 N–H and O–H groups in total. The molecule has 0 spiro atoms. The zero-order chi connectivity index (χ0) is 13.7. The molecule has 0 heterocycles. The molecule has 0 bridgehead atoms. The SMILES string of the molecule is CC(C)C(C)NC(=O)CNc1ccc(I)cc1Cl. The van der Waals surface area contributed by atoms with Gasteiger partial charge in [-0.3, -0.25) is 4.79 Å². The van der Waals surface area contributed by atoms with Crippen molar-refractivity contribution in [3.8, 4) is 0 Å². The van der Waals surface area contributed by atoms with Crippen molar-refractivity contribution in [2.45, 2.75) is 26.8 Å². The maximum absolute atomic E-state index is 11.7. The third kappa shape index (κ3) is 5.02. The van der Waals surface area contributed by atoms with Crippen molar-refractivity contribution in [2.75, 3.05) is 11.9 Å². The number of amides is 1. The zero-order valence-corrected chi connectivity index (χ0v) is 13.7. The fourth-order valence-corrected chi connectivity index (χ4v) is 2.20. The molecule has 1 aromatic carbocycles. The van der Waals surface area contributed by atoms with Gasteiger partial charge in [-0.1, -0.05) is 25.4 Å². The molecule has 18 heavy (non-hydrogen) atoms. The van der Waals surface area contributed by atoms with Gasteiger partial charge in [0.15, 0.2) is 0 Å². The minimum absolute atomic E-state index is 0.0224. The van der Waals surface area contributed by atoms with Crippen molar-refractivity contribution < 1.29 is 4.79 Å². The molecule has 0 fully saturated rings. The van der Waals surface area contributed by atoms with Gasteiger partial charge in [-0.2, -0.15) is 0 Å². The largest absolute Gasteiger partial charge is 0.375 e. The molecule has 0 radical (unpaired) electrons. The van der Waals surface area contributed by atoms with E-state index in [1.54, 1.807) is 0 Å². The lowest BCUT2D eigenvalue weighted by atomic mass is 10.1. The molecule has 0 aliphatic rings. The van der Waals surface area contributed by atoms with E-state index in [2.05, 4.69) is 47.1 Å². The Balaban J connectivity index is 2.47. The molecule has 3 nitrogen and oxygen atoms in total. The number of halogens is 2. The Morgan fingerprint density at radius 1 is 1.39 bits per heavy atom. The van der Waals surface area contributed by atoms with E-state index in [0.717, 1.165) is 9.26 Å². The van der Waals surface area contributed by atoms with Crippen LogP contribution < -0.4 is 10.6 Å². The minimum Gasteiger partial charge on any atom is -0.375 e. The van der Waals surface area contributed by atoms with E-state index >= 15 is 0 Å². The van der Waals surface area contributed by atoms with Crippen LogP contribution in [0.1, 0.15) is 20.8 Å². The van der Waals surface area contributed by atoms with Gasteiger partial charge >= 0.3 is 0 Å². The van der Waals surface area contributed by atoms with Crippen LogP contribution >= 0.6 is 34.2 Å². The molecule has 1 unspecified atom stereocenters. The summed E-state index contributed by atoms with van der Waals surface area (Å²) in [6.07, 6.45) is 0. The van der Waals surface area contributed by atoms with Crippen molar-refractivity contribution >= 4 is 45.8 Å². The standard InChI is InChI=1S/C13H18ClIN2O/c1-8(2)9(3)17-13(18)7-16-12-5-4-10(15)6-11(12)14/h4-6,8-9,16H,7H2,1-3H3,(H,17,18). The Morgan fingerprint density at radius 3 is 2.61 bits per heavy atom. The summed E-state index contributed by atoms with van der Waals surface area (Å²) in [7, 11) is 0. The molecule has 1 aromatic rings. The van der Waals surface area contributed by atoms with Crippen LogP contribution in [-0.2, 0) is 4.79 Å². The molecule has 1 amide bonds. The van der Waals surface area contributed by atoms with E-state index in [4.69, 9.17) is 11.6 Å². The van der Waals surface area contributed by atoms with Crippen molar-refractivity contribution in [3.63, 3.8) is 0 Å². The first kappa shape index (κ1) is 15.6. The zero-order valence-electron chi connectivity index (χ0n) is 10.8. The fourth-order valence-electron chi connectivity index (χ4n) is 1.28. The highest BCUT2D eigenvalue weighted by atomic mass is 127. The van der Waals surface area contributed by atoms with Crippen molar-refractivity contribution in [2.24, 2.45) is 5.92 Å². The molecule has 5 heteroatoms. The lowest BCUT2D eigenvalue weighted by Crippen LogP contribution is -2.39. The quantitative estimate of drug-likeness (QED) is 0.768. The van der Waals surface area contributed by atoms with Gasteiger partial charge in [0.1, 0.15) is 0 Å². The van der Waals surface area contributed by atoms with Crippen molar-refractivity contribution in [3.05, 3.63) is 26.8 Å². The first-order valence-corrected chi connectivity index (χ1v) is 7.34. The van der Waals surface area contributed by atoms with E-state index in [0.29, 0.717) is 10.9 Å². The van der Waals surface area contributed by atoms with Gasteiger partial charge in [-0.15, -0.1) is 0 Å². The summed E-state index contributed by atoms with van der Waals surface area (Å²) in [5.74, 6) is 0.404. The highest BCUT2D eigenvalue weighted by Gasteiger charge is 2.10. The Bertz CT molecular complexity index is 423. The number of anilines is 1. The molecule has 0 aliphatic carbocycles. The summed E-state index contributed by atoms with van der Waals surface area (Å²) in [4.78, 5) is 11.7. The maximum atomic E-state index is 11.7. The first-order chi connectivity index (χ1) is 8.40. The van der Waals surface area contributed by atoms with Crippen molar-refractivity contribution in [1.82, 2.24) is 5.32 Å². The summed E-state index contributed by atoms with van der Waals surface area (Å²) < 4.78 is 1.07. The smallest absolute Gasteiger partial charge is 0.239 e. The van der Waals surface area contributed by atoms with Crippen LogP contribution in [0.5, 0.6) is 0 Å². The van der Waals surface area contributed by atoms with Gasteiger partial charge in [0.25, 0.3) is 0 Å². The first-order valence-electron chi connectivity index (χ1n) is 5.88. The molecule has 0 aromatic heterocycles. The van der Waals surface area contributed by atoms with Crippen LogP contribution in [-0.4, -0.2) is 18.5 Å². The number of carbonyl (C=O) groups excluding carboxylic acids is 1. The number of hydrogen-bond donors (Lipinski definition) is 2. The molecular weight excluding hydrogens is 363 g/mol. The number of rotatable bonds is 5. The van der Waals surface area contributed by atoms with Gasteiger partial charge in [0.2, 0.25) is 5.91 Å². The van der Waals surface area contributed by atoms with Crippen LogP contribution in [0.4, 0.5) is 5.69 Å². The fraction of sp³-hybridized carbons (Fsp3) is 0.462. The number of carbonyl (C=O) groups is 1. The van der Waals surface area contributed by atoms with Crippen LogP contribution in [0, 0.1) is 9.49 Å². The predicted molar refractivity (Wildman–Crippen MR) is 85.1 cm³/mol. The third-order valence-corrected chi connectivity index (χ3v) is 3.74. The summed E-state index contributed by atoms with van der Waals surface area (Å²) in [6.45, 7) is 6.39. The van der Waals surface area contributed by atoms with Gasteiger partial charge in [-0.05, 0) is 53.6 Å². The molecule has 1 rings (SSSR count). The Labute approximate surface area is 127 Å². The predicted octanol–water partition coefficient (Wildman–Crippen LogP) is 3.52. The lowest BCUT2D eigenvalue weighted by Gasteiger charge is -2.18. The number of benzene rings is 1. The van der Waals surface area contributed by atoms with Gasteiger partial charge in [0, 0.05) is 9.61 Å². The Kier molecular flexibility index (Phi) is 6.21. The average Bonchev–Trinajstić information content (AvgIpc) is 2.27. The van der Waals surface area contributed by atoms with Gasteiger partial charge in [0.05, 0.1) is 17.3 Å². The van der Waals surface area contributed by atoms with Gasteiger partial charge in [-0.25, -0.2) is 0 Å². The Morgan fingerprint density at radius 2 is 2.06 bits per heavy atom. The van der Waals surface area contributed by atoms with Crippen LogP contribution in [0.15, 0.2) is 18.2 Å². The summed E-state index contributed by atoms with van der Waals surface area (Å²) >= 11 is 8.27. The second-order valence-electron chi connectivity index (χ2n) is 4.58. The summed E-state index contributed by atoms with van der Waals surface area (Å²) in [5.41, 5.74) is 0.782. The number of hydrogen-bond acceptors (Lipinski definition) is 2. The lowest BCUT2D eigenvalue weighted by molar-refractivity contribution is -0.120. The second-order valence-corrected chi connectivity index (χ2v) is 6.23. The second kappa shape index (κ2) is 7.19. The topological polar surface area (TPSA) is 41.1 Å². The minimum atomic E-state index is -0.0224. The van der Waals surface area contributed by atoms with E-state index in [-0.39, 0.29) is 18.5 Å². The highest BCUT2D eigenvalue weighted by Crippen LogP contribution is 2.23. The van der Waals surface area contributed by atoms with E-state index in [9.17, 15) is 4.79 Å². The van der Waals surface area contributed by atoms with Crippen LogP contribution in [0.2, 0.25) is 5.02 Å². The van der Waals surface area contributed by atoms with Crippen LogP contribution in [0.3, 0.4) is 0 Å². The van der Waals surface area contributed by atoms with E-state index in [1.807, 2.05) is 25.1 Å². The maximum Gasteiger partial charge on any atom is 0.239 e. The van der Waals surface area contributed by atoms with Gasteiger partial charge < -0.3 is 10.6 Å². The highest BCUT2D eigenvalue weighted by molar-refractivity contribution is 14.1. The van der Waals surface area contributed by atoms with E-state index < -0.39 is 0 Å². The molecule has 1 atom stereocenters. The third-order valence-electron chi connectivity index (χ3n) is 2.76. The molecule has 0 aliphatic heterocycles. The number of nitrogens with one attached hydrogen (secondary N) is 2. The summed E-state index contributed by atoms with van der Waals surface area (Å²) in [5, 5.41) is 6.60. The Hall–Kier alpha value is -0.490. The average molecular weight is 381 g/mol. The normalized spacial score (nSPS) is 12.3.